The van der Waals surface area contributed by atoms with Crippen LogP contribution in [-0.4, -0.2) is 37.5 Å². The van der Waals surface area contributed by atoms with E-state index in [-0.39, 0.29) is 24.0 Å². The number of amides is 2. The molecule has 7 nitrogen and oxygen atoms in total. The van der Waals surface area contributed by atoms with Crippen molar-refractivity contribution in [2.45, 2.75) is 43.0 Å². The number of para-hydroxylation sites is 1. The van der Waals surface area contributed by atoms with Crippen LogP contribution in [0.5, 0.6) is 0 Å². The van der Waals surface area contributed by atoms with Crippen LogP contribution in [0.1, 0.15) is 31.4 Å². The number of halogens is 8. The first kappa shape index (κ1) is 28.1. The number of nitrogens with one attached hydrogen (secondary N) is 3. The normalized spacial score (nSPS) is 16.0. The van der Waals surface area contributed by atoms with Crippen molar-refractivity contribution in [2.24, 2.45) is 0 Å². The molecule has 1 atom stereocenters. The summed E-state index contributed by atoms with van der Waals surface area (Å²) in [7, 11) is -6.01. The summed E-state index contributed by atoms with van der Waals surface area (Å²) in [5.41, 5.74) is -9.50. The Morgan fingerprint density at radius 3 is 2.11 bits per heavy atom. The molecule has 1 aliphatic carbocycles. The Kier molecular flexibility index (Phi) is 7.20. The van der Waals surface area contributed by atoms with Gasteiger partial charge in [0, 0.05) is 11.1 Å². The molecular weight excluding hydrogens is 542 g/mol. The molecule has 202 valence electrons. The van der Waals surface area contributed by atoms with Crippen molar-refractivity contribution in [3.63, 3.8) is 0 Å². The molecule has 0 radical (unpaired) electrons. The maximum Gasteiger partial charge on any atom is 0.516 e. The van der Waals surface area contributed by atoms with Gasteiger partial charge >= 0.3 is 27.6 Å². The third kappa shape index (κ3) is 5.94. The zero-order valence-corrected chi connectivity index (χ0v) is 19.3. The van der Waals surface area contributed by atoms with Crippen molar-refractivity contribution >= 4 is 27.5 Å². The summed E-state index contributed by atoms with van der Waals surface area (Å²) in [6, 6.07) is 4.56. The van der Waals surface area contributed by atoms with Crippen LogP contribution in [-0.2, 0) is 19.6 Å². The van der Waals surface area contributed by atoms with Gasteiger partial charge in [0.25, 0.3) is 0 Å². The first-order valence-electron chi connectivity index (χ1n) is 10.3. The smallest absolute Gasteiger partial charge is 0.347 e. The van der Waals surface area contributed by atoms with Gasteiger partial charge < -0.3 is 10.6 Å². The molecule has 3 N–H and O–H groups in total. The standard InChI is InChI=1S/C21H17F8N3O4S/c1-10(30-17(33)19(7-8-19)31-18(34)20(24,25)26)12-6-5-11(9-15(12)23)13-3-2-4-14(22)16(13)32-37(35,36)21(27,28)29/h2-6,9-10,32H,7-8H2,1H3,(H,30,33)(H,31,34). The molecule has 1 unspecified atom stereocenters. The second kappa shape index (κ2) is 9.46. The highest BCUT2D eigenvalue weighted by Crippen LogP contribution is 2.38. The number of hydrogen-bond acceptors (Lipinski definition) is 4. The summed E-state index contributed by atoms with van der Waals surface area (Å²) in [5.74, 6) is -5.72. The van der Waals surface area contributed by atoms with Gasteiger partial charge in [-0.05, 0) is 37.5 Å². The van der Waals surface area contributed by atoms with E-state index in [0.29, 0.717) is 6.07 Å². The molecule has 0 heterocycles. The van der Waals surface area contributed by atoms with E-state index in [1.165, 1.54) is 6.92 Å². The molecule has 2 aromatic carbocycles. The molecule has 0 aromatic heterocycles. The lowest BCUT2D eigenvalue weighted by atomic mass is 9.99. The number of hydrogen-bond donors (Lipinski definition) is 3. The highest BCUT2D eigenvalue weighted by atomic mass is 32.2. The summed E-state index contributed by atoms with van der Waals surface area (Å²) < 4.78 is 129. The Labute approximate surface area is 204 Å². The average molecular weight is 559 g/mol. The van der Waals surface area contributed by atoms with Gasteiger partial charge in [0.1, 0.15) is 17.2 Å². The fourth-order valence-electron chi connectivity index (χ4n) is 3.34. The minimum atomic E-state index is -6.01. The topological polar surface area (TPSA) is 104 Å². The summed E-state index contributed by atoms with van der Waals surface area (Å²) in [5, 5.41) is 3.89. The molecule has 0 spiro atoms. The van der Waals surface area contributed by atoms with E-state index in [1.54, 1.807) is 5.32 Å². The monoisotopic (exact) mass is 559 g/mol. The number of benzene rings is 2. The molecule has 2 amide bonds. The predicted molar refractivity (Wildman–Crippen MR) is 113 cm³/mol. The van der Waals surface area contributed by atoms with E-state index in [9.17, 15) is 53.1 Å². The minimum absolute atomic E-state index is 0.0784. The Balaban J connectivity index is 1.84. The van der Waals surface area contributed by atoms with E-state index in [1.807, 2.05) is 0 Å². The third-order valence-electron chi connectivity index (χ3n) is 5.48. The highest BCUT2D eigenvalue weighted by molar-refractivity contribution is 7.93. The molecule has 3 rings (SSSR count). The van der Waals surface area contributed by atoms with Crippen LogP contribution in [0.3, 0.4) is 0 Å². The molecule has 0 bridgehead atoms. The first-order valence-corrected chi connectivity index (χ1v) is 11.7. The quantitative estimate of drug-likeness (QED) is 0.441. The fraction of sp³-hybridized carbons (Fsp3) is 0.333. The molecule has 16 heteroatoms. The van der Waals surface area contributed by atoms with E-state index >= 15 is 0 Å². The second-order valence-corrected chi connectivity index (χ2v) is 9.85. The number of anilines is 1. The number of sulfonamides is 1. The molecule has 1 saturated carbocycles. The van der Waals surface area contributed by atoms with E-state index < -0.39 is 68.0 Å². The Hall–Kier alpha value is -3.43. The Morgan fingerprint density at radius 1 is 0.973 bits per heavy atom. The average Bonchev–Trinajstić information content (AvgIpc) is 3.54. The fourth-order valence-corrected chi connectivity index (χ4v) is 3.93. The van der Waals surface area contributed by atoms with Gasteiger partial charge in [0.05, 0.1) is 11.7 Å². The zero-order valence-electron chi connectivity index (χ0n) is 18.5. The lowest BCUT2D eigenvalue weighted by Gasteiger charge is -2.22. The van der Waals surface area contributed by atoms with Crippen LogP contribution in [0.25, 0.3) is 11.1 Å². The van der Waals surface area contributed by atoms with Crippen LogP contribution < -0.4 is 15.4 Å². The van der Waals surface area contributed by atoms with Crippen LogP contribution >= 0.6 is 0 Å². The third-order valence-corrected chi connectivity index (χ3v) is 6.56. The lowest BCUT2D eigenvalue weighted by molar-refractivity contribution is -0.175. The van der Waals surface area contributed by atoms with Crippen LogP contribution in [0.2, 0.25) is 0 Å². The van der Waals surface area contributed by atoms with Crippen molar-refractivity contribution < 1.29 is 53.1 Å². The lowest BCUT2D eigenvalue weighted by Crippen LogP contribution is -2.53. The highest BCUT2D eigenvalue weighted by Gasteiger charge is 2.55. The number of carbonyl (C=O) groups excluding carboxylic acids is 2. The molecule has 1 aliphatic rings. The largest absolute Gasteiger partial charge is 0.516 e. The van der Waals surface area contributed by atoms with Gasteiger partial charge in [-0.3, -0.25) is 14.3 Å². The van der Waals surface area contributed by atoms with Crippen molar-refractivity contribution in [1.29, 1.82) is 0 Å². The molecule has 2 aromatic rings. The predicted octanol–water partition coefficient (Wildman–Crippen LogP) is 4.28. The number of rotatable bonds is 7. The summed E-state index contributed by atoms with van der Waals surface area (Å²) in [6.07, 6.45) is -5.37. The second-order valence-electron chi connectivity index (χ2n) is 8.18. The van der Waals surface area contributed by atoms with E-state index in [2.05, 4.69) is 5.32 Å². The number of alkyl halides is 6. The summed E-state index contributed by atoms with van der Waals surface area (Å²) in [4.78, 5) is 23.6. The maximum atomic E-state index is 14.9. The van der Waals surface area contributed by atoms with Crippen LogP contribution in [0, 0.1) is 11.6 Å². The zero-order chi connectivity index (χ0) is 28.0. The van der Waals surface area contributed by atoms with E-state index in [4.69, 9.17) is 0 Å². The minimum Gasteiger partial charge on any atom is -0.347 e. The molecular formula is C21H17F8N3O4S. The molecule has 1 fully saturated rings. The van der Waals surface area contributed by atoms with Crippen LogP contribution in [0.15, 0.2) is 36.4 Å². The van der Waals surface area contributed by atoms with Gasteiger partial charge in [-0.15, -0.1) is 0 Å². The van der Waals surface area contributed by atoms with Crippen molar-refractivity contribution in [1.82, 2.24) is 10.6 Å². The summed E-state index contributed by atoms with van der Waals surface area (Å²) >= 11 is 0. The Morgan fingerprint density at radius 2 is 1.59 bits per heavy atom. The van der Waals surface area contributed by atoms with Crippen LogP contribution in [0.4, 0.5) is 40.8 Å². The maximum absolute atomic E-state index is 14.9. The molecule has 37 heavy (non-hydrogen) atoms. The van der Waals surface area contributed by atoms with E-state index in [0.717, 1.165) is 35.1 Å². The van der Waals surface area contributed by atoms with Gasteiger partial charge in [0.15, 0.2) is 0 Å². The van der Waals surface area contributed by atoms with Crippen molar-refractivity contribution in [3.05, 3.63) is 53.6 Å². The van der Waals surface area contributed by atoms with Crippen molar-refractivity contribution in [2.75, 3.05) is 4.72 Å². The van der Waals surface area contributed by atoms with Gasteiger partial charge in [0.2, 0.25) is 5.91 Å². The first-order chi connectivity index (χ1) is 16.9. The van der Waals surface area contributed by atoms with Gasteiger partial charge in [-0.1, -0.05) is 24.3 Å². The molecule has 0 saturated heterocycles. The summed E-state index contributed by atoms with van der Waals surface area (Å²) in [6.45, 7) is 1.28. The van der Waals surface area contributed by atoms with Gasteiger partial charge in [-0.25, -0.2) is 8.78 Å². The molecule has 0 aliphatic heterocycles. The number of carbonyl (C=O) groups is 2. The van der Waals surface area contributed by atoms with Gasteiger partial charge in [-0.2, -0.15) is 34.8 Å². The SMILES string of the molecule is CC(NC(=O)C1(NC(=O)C(F)(F)F)CC1)c1ccc(-c2cccc(F)c2NS(=O)(=O)C(F)(F)F)cc1F. The van der Waals surface area contributed by atoms with Crippen molar-refractivity contribution in [3.8, 4) is 11.1 Å². The Bertz CT molecular complexity index is 1340.